The lowest BCUT2D eigenvalue weighted by Gasteiger charge is -1.97. The fourth-order valence-corrected chi connectivity index (χ4v) is 3.55. The number of carboxylic acids is 1. The van der Waals surface area contributed by atoms with Crippen molar-refractivity contribution in [3.8, 4) is 21.3 Å². The number of thiophene rings is 1. The summed E-state index contributed by atoms with van der Waals surface area (Å²) in [5, 5.41) is 13.7. The summed E-state index contributed by atoms with van der Waals surface area (Å²) in [5.41, 5.74) is 2.92. The van der Waals surface area contributed by atoms with Crippen LogP contribution in [0.2, 0.25) is 0 Å². The van der Waals surface area contributed by atoms with E-state index in [1.807, 2.05) is 17.7 Å². The number of pyridine rings is 1. The molecule has 0 aliphatic heterocycles. The van der Waals surface area contributed by atoms with Gasteiger partial charge in [0.15, 0.2) is 0 Å². The molecule has 20 heavy (non-hydrogen) atoms. The minimum Gasteiger partial charge on any atom is -0.478 e. The summed E-state index contributed by atoms with van der Waals surface area (Å²) in [6, 6.07) is 5.08. The Kier molecular flexibility index (Phi) is 3.33. The molecule has 0 saturated carbocycles. The van der Waals surface area contributed by atoms with Crippen molar-refractivity contribution in [3.05, 3.63) is 46.3 Å². The molecule has 3 rings (SSSR count). The van der Waals surface area contributed by atoms with Gasteiger partial charge in [-0.25, -0.2) is 9.78 Å². The number of aryl methyl sites for hydroxylation is 1. The molecule has 0 radical (unpaired) electrons. The van der Waals surface area contributed by atoms with Crippen molar-refractivity contribution in [2.75, 3.05) is 0 Å². The number of hydrogen-bond donors (Lipinski definition) is 1. The molecule has 0 unspecified atom stereocenters. The summed E-state index contributed by atoms with van der Waals surface area (Å²) in [6.45, 7) is 2.05. The smallest absolute Gasteiger partial charge is 0.335 e. The van der Waals surface area contributed by atoms with Crippen LogP contribution in [0.5, 0.6) is 0 Å². The van der Waals surface area contributed by atoms with E-state index in [0.717, 1.165) is 15.6 Å². The molecule has 0 spiro atoms. The molecule has 0 saturated heterocycles. The largest absolute Gasteiger partial charge is 0.478 e. The van der Waals surface area contributed by atoms with Crippen molar-refractivity contribution in [1.29, 1.82) is 0 Å². The first-order valence-electron chi connectivity index (χ1n) is 5.85. The van der Waals surface area contributed by atoms with Crippen molar-refractivity contribution in [2.45, 2.75) is 6.92 Å². The highest BCUT2D eigenvalue weighted by atomic mass is 32.1. The van der Waals surface area contributed by atoms with E-state index in [2.05, 4.69) is 16.0 Å². The fourth-order valence-electron chi connectivity index (χ4n) is 1.81. The van der Waals surface area contributed by atoms with Gasteiger partial charge in [-0.05, 0) is 36.1 Å². The van der Waals surface area contributed by atoms with Crippen LogP contribution >= 0.6 is 22.7 Å². The van der Waals surface area contributed by atoms with Gasteiger partial charge in [0.2, 0.25) is 0 Å². The highest BCUT2D eigenvalue weighted by Crippen LogP contribution is 2.32. The van der Waals surface area contributed by atoms with Crippen molar-refractivity contribution >= 4 is 28.6 Å². The zero-order chi connectivity index (χ0) is 14.1. The summed E-state index contributed by atoms with van der Waals surface area (Å²) in [6.07, 6.45) is 1.50. The number of thiazole rings is 1. The first-order chi connectivity index (χ1) is 9.65. The standard InChI is InChI=1S/C14H10N2O2S2/c1-8-3-5-19-12(8)11-7-20-13(16-11)10-6-9(14(17)18)2-4-15-10/h2-7H,1H3,(H,17,18). The van der Waals surface area contributed by atoms with Crippen LogP contribution < -0.4 is 0 Å². The van der Waals surface area contributed by atoms with Gasteiger partial charge in [0.05, 0.1) is 21.8 Å². The van der Waals surface area contributed by atoms with Crippen molar-refractivity contribution < 1.29 is 9.90 Å². The summed E-state index contributed by atoms with van der Waals surface area (Å²) in [5.74, 6) is -0.959. The second-order valence-corrected chi connectivity index (χ2v) is 5.98. The SMILES string of the molecule is Cc1ccsc1-c1csc(-c2cc(C(=O)O)ccn2)n1. The highest BCUT2D eigenvalue weighted by Gasteiger charge is 2.12. The highest BCUT2D eigenvalue weighted by molar-refractivity contribution is 7.15. The molecule has 0 aliphatic carbocycles. The number of rotatable bonds is 3. The molecule has 0 atom stereocenters. The Bertz CT molecular complexity index is 777. The summed E-state index contributed by atoms with van der Waals surface area (Å²) in [7, 11) is 0. The van der Waals surface area contributed by atoms with Crippen molar-refractivity contribution in [3.63, 3.8) is 0 Å². The Hall–Kier alpha value is -2.05. The van der Waals surface area contributed by atoms with Gasteiger partial charge in [0.25, 0.3) is 0 Å². The van der Waals surface area contributed by atoms with Gasteiger partial charge >= 0.3 is 5.97 Å². The molecule has 0 aliphatic rings. The third-order valence-electron chi connectivity index (χ3n) is 2.82. The van der Waals surface area contributed by atoms with Gasteiger partial charge in [-0.3, -0.25) is 4.98 Å². The number of aromatic nitrogens is 2. The van der Waals surface area contributed by atoms with Crippen LogP contribution in [-0.4, -0.2) is 21.0 Å². The van der Waals surface area contributed by atoms with E-state index in [1.54, 1.807) is 17.4 Å². The van der Waals surface area contributed by atoms with Crippen LogP contribution in [0.25, 0.3) is 21.3 Å². The second kappa shape index (κ2) is 5.15. The Balaban J connectivity index is 2.00. The first-order valence-corrected chi connectivity index (χ1v) is 7.61. The molecule has 100 valence electrons. The molecule has 4 nitrogen and oxygen atoms in total. The van der Waals surface area contributed by atoms with Gasteiger partial charge in [-0.15, -0.1) is 22.7 Å². The van der Waals surface area contributed by atoms with Gasteiger partial charge in [-0.1, -0.05) is 0 Å². The summed E-state index contributed by atoms with van der Waals surface area (Å²) < 4.78 is 0. The third kappa shape index (κ3) is 2.35. The molecule has 0 fully saturated rings. The van der Waals surface area contributed by atoms with E-state index >= 15 is 0 Å². The van der Waals surface area contributed by atoms with Crippen LogP contribution in [-0.2, 0) is 0 Å². The van der Waals surface area contributed by atoms with E-state index in [9.17, 15) is 4.79 Å². The molecule has 1 N–H and O–H groups in total. The Morgan fingerprint density at radius 2 is 2.10 bits per heavy atom. The zero-order valence-corrected chi connectivity index (χ0v) is 12.2. The Labute approximate surface area is 123 Å². The topological polar surface area (TPSA) is 63.1 Å². The van der Waals surface area contributed by atoms with E-state index in [1.165, 1.54) is 29.2 Å². The van der Waals surface area contributed by atoms with Crippen molar-refractivity contribution in [2.24, 2.45) is 0 Å². The zero-order valence-electron chi connectivity index (χ0n) is 10.5. The Morgan fingerprint density at radius 1 is 1.25 bits per heavy atom. The molecule has 0 aromatic carbocycles. The molecule has 3 heterocycles. The normalized spacial score (nSPS) is 10.7. The van der Waals surface area contributed by atoms with Crippen LogP contribution in [0, 0.1) is 6.92 Å². The molecule has 3 aromatic heterocycles. The van der Waals surface area contributed by atoms with Crippen LogP contribution in [0.4, 0.5) is 0 Å². The van der Waals surface area contributed by atoms with Gasteiger partial charge in [-0.2, -0.15) is 0 Å². The average Bonchev–Trinajstić information content (AvgIpc) is 3.07. The summed E-state index contributed by atoms with van der Waals surface area (Å²) >= 11 is 3.12. The van der Waals surface area contributed by atoms with Crippen LogP contribution in [0.15, 0.2) is 35.2 Å². The maximum atomic E-state index is 11.0. The number of carbonyl (C=O) groups is 1. The van der Waals surface area contributed by atoms with E-state index in [0.29, 0.717) is 5.69 Å². The maximum absolute atomic E-state index is 11.0. The monoisotopic (exact) mass is 302 g/mol. The minimum absolute atomic E-state index is 0.221. The van der Waals surface area contributed by atoms with E-state index < -0.39 is 5.97 Å². The lowest BCUT2D eigenvalue weighted by molar-refractivity contribution is 0.0697. The second-order valence-electron chi connectivity index (χ2n) is 4.21. The molecule has 6 heteroatoms. The number of nitrogens with zero attached hydrogens (tertiary/aromatic N) is 2. The summed E-state index contributed by atoms with van der Waals surface area (Å²) in [4.78, 5) is 20.9. The quantitative estimate of drug-likeness (QED) is 0.796. The Morgan fingerprint density at radius 3 is 2.80 bits per heavy atom. The molecular weight excluding hydrogens is 292 g/mol. The van der Waals surface area contributed by atoms with Gasteiger partial charge in [0.1, 0.15) is 5.01 Å². The number of aromatic carboxylic acids is 1. The van der Waals surface area contributed by atoms with Crippen molar-refractivity contribution in [1.82, 2.24) is 9.97 Å². The minimum atomic E-state index is -0.959. The van der Waals surface area contributed by atoms with Crippen LogP contribution in [0.3, 0.4) is 0 Å². The molecular formula is C14H10N2O2S2. The molecule has 0 bridgehead atoms. The maximum Gasteiger partial charge on any atom is 0.335 e. The first kappa shape index (κ1) is 13.0. The molecule has 3 aromatic rings. The predicted molar refractivity (Wildman–Crippen MR) is 80.4 cm³/mol. The number of carboxylic acid groups (broad SMARTS) is 1. The van der Waals surface area contributed by atoms with Crippen LogP contribution in [0.1, 0.15) is 15.9 Å². The molecule has 0 amide bonds. The lowest BCUT2D eigenvalue weighted by atomic mass is 10.2. The van der Waals surface area contributed by atoms with E-state index in [-0.39, 0.29) is 5.56 Å². The van der Waals surface area contributed by atoms with E-state index in [4.69, 9.17) is 5.11 Å². The van der Waals surface area contributed by atoms with Gasteiger partial charge in [0, 0.05) is 11.6 Å². The predicted octanol–water partition coefficient (Wildman–Crippen LogP) is 3.94. The lowest BCUT2D eigenvalue weighted by Crippen LogP contribution is -1.97. The number of hydrogen-bond acceptors (Lipinski definition) is 5. The fraction of sp³-hybridized carbons (Fsp3) is 0.0714. The van der Waals surface area contributed by atoms with Gasteiger partial charge < -0.3 is 5.11 Å². The average molecular weight is 302 g/mol. The third-order valence-corrected chi connectivity index (χ3v) is 4.73.